The molecule has 6 nitrogen and oxygen atoms in total. The summed E-state index contributed by atoms with van der Waals surface area (Å²) in [5, 5.41) is 2.89. The standard InChI is InChI=1S/C19H18F3N3O3/c1-28-18(27)13-4-2-12(3-5-13)17(26)24-15-8-9-25(11-15)16-7-6-14(10-23-16)19(20,21)22/h2-7,10,15H,8-9,11H2,1H3,(H,24,26). The van der Waals surface area contributed by atoms with Crippen molar-refractivity contribution in [2.75, 3.05) is 25.1 Å². The number of nitrogens with zero attached hydrogens (tertiary/aromatic N) is 2. The minimum Gasteiger partial charge on any atom is -0.465 e. The van der Waals surface area contributed by atoms with E-state index in [2.05, 4.69) is 15.0 Å². The van der Waals surface area contributed by atoms with E-state index in [1.54, 1.807) is 0 Å². The molecule has 1 N–H and O–H groups in total. The van der Waals surface area contributed by atoms with Crippen molar-refractivity contribution >= 4 is 17.7 Å². The maximum Gasteiger partial charge on any atom is 0.417 e. The number of alkyl halides is 3. The van der Waals surface area contributed by atoms with E-state index in [9.17, 15) is 22.8 Å². The SMILES string of the molecule is COC(=O)c1ccc(C(=O)NC2CCN(c3ccc(C(F)(F)F)cn3)C2)cc1. The zero-order valence-corrected chi connectivity index (χ0v) is 15.0. The molecule has 1 aromatic heterocycles. The van der Waals surface area contributed by atoms with Gasteiger partial charge in [-0.2, -0.15) is 13.2 Å². The predicted octanol–water partition coefficient (Wildman–Crippen LogP) is 2.90. The number of hydrogen-bond acceptors (Lipinski definition) is 5. The Kier molecular flexibility index (Phi) is 5.53. The van der Waals surface area contributed by atoms with Crippen LogP contribution in [0, 0.1) is 0 Å². The Morgan fingerprint density at radius 3 is 2.39 bits per heavy atom. The summed E-state index contributed by atoms with van der Waals surface area (Å²) in [5.74, 6) is -0.335. The number of anilines is 1. The van der Waals surface area contributed by atoms with E-state index in [0.29, 0.717) is 36.5 Å². The van der Waals surface area contributed by atoms with Crippen molar-refractivity contribution in [3.8, 4) is 0 Å². The lowest BCUT2D eigenvalue weighted by atomic mass is 10.1. The van der Waals surface area contributed by atoms with Crippen LogP contribution in [-0.2, 0) is 10.9 Å². The first kappa shape index (κ1) is 19.7. The van der Waals surface area contributed by atoms with Gasteiger partial charge in [-0.15, -0.1) is 0 Å². The number of methoxy groups -OCH3 is 1. The van der Waals surface area contributed by atoms with Gasteiger partial charge in [0.2, 0.25) is 0 Å². The normalized spacial score (nSPS) is 16.7. The van der Waals surface area contributed by atoms with Gasteiger partial charge in [-0.3, -0.25) is 4.79 Å². The third-order valence-corrected chi connectivity index (χ3v) is 4.49. The first-order chi connectivity index (χ1) is 13.3. The third kappa shape index (κ3) is 4.41. The van der Waals surface area contributed by atoms with Crippen molar-refractivity contribution in [2.45, 2.75) is 18.6 Å². The highest BCUT2D eigenvalue weighted by Crippen LogP contribution is 2.29. The van der Waals surface area contributed by atoms with Gasteiger partial charge in [0.25, 0.3) is 5.91 Å². The maximum absolute atomic E-state index is 12.6. The molecule has 2 aromatic rings. The fraction of sp³-hybridized carbons (Fsp3) is 0.316. The van der Waals surface area contributed by atoms with Crippen molar-refractivity contribution in [1.82, 2.24) is 10.3 Å². The van der Waals surface area contributed by atoms with Crippen LogP contribution in [0.15, 0.2) is 42.6 Å². The highest BCUT2D eigenvalue weighted by Gasteiger charge is 2.31. The van der Waals surface area contributed by atoms with E-state index in [1.165, 1.54) is 37.4 Å². The summed E-state index contributed by atoms with van der Waals surface area (Å²) in [7, 11) is 1.28. The number of aromatic nitrogens is 1. The summed E-state index contributed by atoms with van der Waals surface area (Å²) in [6, 6.07) is 8.26. The zero-order valence-electron chi connectivity index (χ0n) is 15.0. The molecule has 0 saturated carbocycles. The van der Waals surface area contributed by atoms with Crippen LogP contribution < -0.4 is 10.2 Å². The summed E-state index contributed by atoms with van der Waals surface area (Å²) in [6.45, 7) is 1.02. The molecular weight excluding hydrogens is 375 g/mol. The lowest BCUT2D eigenvalue weighted by molar-refractivity contribution is -0.137. The highest BCUT2D eigenvalue weighted by atomic mass is 19.4. The first-order valence-electron chi connectivity index (χ1n) is 8.55. The number of carbonyl (C=O) groups excluding carboxylic acids is 2. The van der Waals surface area contributed by atoms with Crippen LogP contribution in [0.3, 0.4) is 0 Å². The molecule has 1 aliphatic heterocycles. The molecule has 148 valence electrons. The molecule has 0 spiro atoms. The monoisotopic (exact) mass is 393 g/mol. The second-order valence-corrected chi connectivity index (χ2v) is 6.38. The Balaban J connectivity index is 1.58. The van der Waals surface area contributed by atoms with Crippen LogP contribution in [0.25, 0.3) is 0 Å². The van der Waals surface area contributed by atoms with Gasteiger partial charge in [-0.1, -0.05) is 0 Å². The number of amides is 1. The second-order valence-electron chi connectivity index (χ2n) is 6.38. The lowest BCUT2D eigenvalue weighted by Gasteiger charge is -2.18. The van der Waals surface area contributed by atoms with Crippen molar-refractivity contribution in [1.29, 1.82) is 0 Å². The summed E-state index contributed by atoms with van der Waals surface area (Å²) >= 11 is 0. The molecule has 28 heavy (non-hydrogen) atoms. The Labute approximate surface area is 159 Å². The molecule has 1 aromatic carbocycles. The molecule has 9 heteroatoms. The zero-order chi connectivity index (χ0) is 20.3. The Morgan fingerprint density at radius 2 is 1.82 bits per heavy atom. The van der Waals surface area contributed by atoms with Crippen LogP contribution in [0.2, 0.25) is 0 Å². The van der Waals surface area contributed by atoms with E-state index in [4.69, 9.17) is 0 Å². The van der Waals surface area contributed by atoms with Crippen molar-refractivity contribution in [3.05, 3.63) is 59.3 Å². The largest absolute Gasteiger partial charge is 0.465 e. The highest BCUT2D eigenvalue weighted by molar-refractivity contribution is 5.96. The van der Waals surface area contributed by atoms with Gasteiger partial charge in [-0.05, 0) is 42.8 Å². The lowest BCUT2D eigenvalue weighted by Crippen LogP contribution is -2.37. The van der Waals surface area contributed by atoms with Crippen LogP contribution in [0.4, 0.5) is 19.0 Å². The quantitative estimate of drug-likeness (QED) is 0.809. The average molecular weight is 393 g/mol. The van der Waals surface area contributed by atoms with E-state index >= 15 is 0 Å². The fourth-order valence-corrected chi connectivity index (χ4v) is 2.97. The number of rotatable bonds is 4. The number of pyridine rings is 1. The van der Waals surface area contributed by atoms with Gasteiger partial charge >= 0.3 is 12.1 Å². The molecule has 3 rings (SSSR count). The van der Waals surface area contributed by atoms with Gasteiger partial charge < -0.3 is 15.0 Å². The molecule has 1 fully saturated rings. The summed E-state index contributed by atoms with van der Waals surface area (Å²) in [4.78, 5) is 29.5. The van der Waals surface area contributed by atoms with E-state index in [-0.39, 0.29) is 11.9 Å². The minimum atomic E-state index is -4.42. The Bertz CT molecular complexity index is 851. The van der Waals surface area contributed by atoms with Gasteiger partial charge in [0.1, 0.15) is 5.82 Å². The van der Waals surface area contributed by atoms with Crippen LogP contribution in [0.5, 0.6) is 0 Å². The smallest absolute Gasteiger partial charge is 0.417 e. The van der Waals surface area contributed by atoms with Crippen molar-refractivity contribution in [3.63, 3.8) is 0 Å². The van der Waals surface area contributed by atoms with E-state index in [0.717, 1.165) is 12.3 Å². The third-order valence-electron chi connectivity index (χ3n) is 4.49. The molecule has 1 amide bonds. The van der Waals surface area contributed by atoms with Crippen LogP contribution in [0.1, 0.15) is 32.7 Å². The molecule has 1 aliphatic rings. The number of carbonyl (C=O) groups is 2. The summed E-state index contributed by atoms with van der Waals surface area (Å²) in [6.07, 6.45) is -2.96. The Morgan fingerprint density at radius 1 is 1.14 bits per heavy atom. The first-order valence-corrected chi connectivity index (χ1v) is 8.55. The molecule has 2 heterocycles. The number of ether oxygens (including phenoxy) is 1. The van der Waals surface area contributed by atoms with Crippen LogP contribution >= 0.6 is 0 Å². The number of hydrogen-bond donors (Lipinski definition) is 1. The predicted molar refractivity (Wildman–Crippen MR) is 95.1 cm³/mol. The van der Waals surface area contributed by atoms with E-state index < -0.39 is 17.7 Å². The number of benzene rings is 1. The molecule has 1 atom stereocenters. The van der Waals surface area contributed by atoms with E-state index in [1.807, 2.05) is 4.90 Å². The van der Waals surface area contributed by atoms with Gasteiger partial charge in [-0.25, -0.2) is 9.78 Å². The van der Waals surface area contributed by atoms with Crippen molar-refractivity contribution in [2.24, 2.45) is 0 Å². The van der Waals surface area contributed by atoms with Gasteiger partial charge in [0.15, 0.2) is 0 Å². The number of nitrogens with one attached hydrogen (secondary N) is 1. The van der Waals surface area contributed by atoms with Gasteiger partial charge in [0.05, 0.1) is 18.2 Å². The van der Waals surface area contributed by atoms with Crippen LogP contribution in [-0.4, -0.2) is 43.1 Å². The fourth-order valence-electron chi connectivity index (χ4n) is 2.97. The van der Waals surface area contributed by atoms with Crippen molar-refractivity contribution < 1.29 is 27.5 Å². The average Bonchev–Trinajstić information content (AvgIpc) is 3.15. The second kappa shape index (κ2) is 7.87. The number of esters is 1. The maximum atomic E-state index is 12.6. The summed E-state index contributed by atoms with van der Waals surface area (Å²) in [5.41, 5.74) is -0.0473. The Hall–Kier alpha value is -3.10. The molecule has 1 saturated heterocycles. The molecule has 0 aliphatic carbocycles. The number of halogens is 3. The minimum absolute atomic E-state index is 0.156. The molecule has 1 unspecified atom stereocenters. The molecular formula is C19H18F3N3O3. The van der Waals surface area contributed by atoms with Gasteiger partial charge in [0, 0.05) is 30.9 Å². The molecule has 0 bridgehead atoms. The summed E-state index contributed by atoms with van der Waals surface area (Å²) < 4.78 is 42.5. The molecule has 0 radical (unpaired) electrons. The topological polar surface area (TPSA) is 71.5 Å².